The third-order valence-corrected chi connectivity index (χ3v) is 6.97. The minimum absolute atomic E-state index is 0.225. The van der Waals surface area contributed by atoms with Crippen molar-refractivity contribution < 1.29 is 4.79 Å². The highest BCUT2D eigenvalue weighted by Gasteiger charge is 2.22. The van der Waals surface area contributed by atoms with Gasteiger partial charge in [0.05, 0.1) is 0 Å². The number of hydrogen-bond donors (Lipinski definition) is 0. The summed E-state index contributed by atoms with van der Waals surface area (Å²) in [5.74, 6) is 1.86. The number of Topliss-reactive ketones (excluding diaryl/α,β-unsaturated/α-hetero) is 1. The molecule has 1 heteroatoms. The predicted octanol–water partition coefficient (Wildman–Crippen LogP) is 8.31. The summed E-state index contributed by atoms with van der Waals surface area (Å²) in [5.41, 5.74) is 4.77. The van der Waals surface area contributed by atoms with Gasteiger partial charge in [-0.2, -0.15) is 0 Å². The van der Waals surface area contributed by atoms with Gasteiger partial charge >= 0.3 is 0 Å². The van der Waals surface area contributed by atoms with Gasteiger partial charge in [-0.05, 0) is 67.1 Å². The topological polar surface area (TPSA) is 17.1 Å². The number of benzene rings is 2. The van der Waals surface area contributed by atoms with E-state index in [0.29, 0.717) is 12.3 Å². The number of ketones is 1. The quantitative estimate of drug-likeness (QED) is 0.272. The SMILES string of the molecule is CCCCCC1CCC(c2ccc(C(=O)Cc3ccc(CCCC)cc3)cc2)CC1. The summed E-state index contributed by atoms with van der Waals surface area (Å²) in [7, 11) is 0. The van der Waals surface area contributed by atoms with Crippen molar-refractivity contribution in [1.29, 1.82) is 0 Å². The number of carbonyl (C=O) groups excluding carboxylic acids is 1. The molecule has 0 radical (unpaired) electrons. The second-order valence-electron chi connectivity index (χ2n) is 9.36. The first-order valence-corrected chi connectivity index (χ1v) is 12.4. The van der Waals surface area contributed by atoms with Crippen LogP contribution < -0.4 is 0 Å². The minimum Gasteiger partial charge on any atom is -0.294 e. The molecule has 1 saturated carbocycles. The van der Waals surface area contributed by atoms with Gasteiger partial charge in [0.15, 0.2) is 5.78 Å². The van der Waals surface area contributed by atoms with Gasteiger partial charge in [0.2, 0.25) is 0 Å². The molecule has 1 aliphatic carbocycles. The van der Waals surface area contributed by atoms with E-state index in [4.69, 9.17) is 0 Å². The Balaban J connectivity index is 1.48. The monoisotopic (exact) mass is 404 g/mol. The Morgan fingerprint density at radius 3 is 2.03 bits per heavy atom. The number of rotatable bonds is 11. The Morgan fingerprint density at radius 1 is 0.767 bits per heavy atom. The zero-order valence-electron chi connectivity index (χ0n) is 19.2. The maximum Gasteiger partial charge on any atom is 0.167 e. The molecule has 0 aromatic heterocycles. The molecule has 1 fully saturated rings. The van der Waals surface area contributed by atoms with Crippen LogP contribution in [-0.4, -0.2) is 5.78 Å². The van der Waals surface area contributed by atoms with Gasteiger partial charge in [-0.1, -0.05) is 94.5 Å². The van der Waals surface area contributed by atoms with Crippen LogP contribution in [0, 0.1) is 5.92 Å². The van der Waals surface area contributed by atoms with E-state index in [1.165, 1.54) is 75.3 Å². The van der Waals surface area contributed by atoms with E-state index >= 15 is 0 Å². The largest absolute Gasteiger partial charge is 0.294 e. The first-order chi connectivity index (χ1) is 14.7. The van der Waals surface area contributed by atoms with Crippen molar-refractivity contribution in [2.24, 2.45) is 5.92 Å². The summed E-state index contributed by atoms with van der Waals surface area (Å²) in [4.78, 5) is 12.7. The van der Waals surface area contributed by atoms with Crippen molar-refractivity contribution in [3.8, 4) is 0 Å². The van der Waals surface area contributed by atoms with Crippen LogP contribution >= 0.6 is 0 Å². The van der Waals surface area contributed by atoms with Crippen LogP contribution in [0.4, 0.5) is 0 Å². The summed E-state index contributed by atoms with van der Waals surface area (Å²) in [5, 5.41) is 0. The van der Waals surface area contributed by atoms with E-state index in [1.807, 2.05) is 0 Å². The fraction of sp³-hybridized carbons (Fsp3) is 0.552. The Labute approximate surface area is 184 Å². The van der Waals surface area contributed by atoms with E-state index in [-0.39, 0.29) is 5.78 Å². The lowest BCUT2D eigenvalue weighted by Crippen LogP contribution is -2.13. The highest BCUT2D eigenvalue weighted by Crippen LogP contribution is 2.37. The lowest BCUT2D eigenvalue weighted by Gasteiger charge is -2.29. The predicted molar refractivity (Wildman–Crippen MR) is 128 cm³/mol. The molecule has 162 valence electrons. The number of unbranched alkanes of at least 4 members (excludes halogenated alkanes) is 3. The zero-order chi connectivity index (χ0) is 21.2. The standard InChI is InChI=1S/C29H40O/c1-3-5-7-9-24-14-16-26(17-15-24)27-18-20-28(21-19-27)29(30)22-25-12-10-23(11-13-25)8-6-4-2/h10-13,18-21,24,26H,3-9,14-17,22H2,1-2H3. The van der Waals surface area contributed by atoms with Gasteiger partial charge in [0, 0.05) is 12.0 Å². The van der Waals surface area contributed by atoms with E-state index in [2.05, 4.69) is 62.4 Å². The average Bonchev–Trinajstić information content (AvgIpc) is 2.79. The molecule has 2 aromatic rings. The Morgan fingerprint density at radius 2 is 1.40 bits per heavy atom. The van der Waals surface area contributed by atoms with E-state index in [1.54, 1.807) is 0 Å². The summed E-state index contributed by atoms with van der Waals surface area (Å²) < 4.78 is 0. The summed E-state index contributed by atoms with van der Waals surface area (Å²) in [6.45, 7) is 4.51. The fourth-order valence-corrected chi connectivity index (χ4v) is 4.90. The Bertz CT molecular complexity index is 748. The molecule has 0 N–H and O–H groups in total. The van der Waals surface area contributed by atoms with Gasteiger partial charge in [0.1, 0.15) is 0 Å². The second kappa shape index (κ2) is 12.1. The summed E-state index contributed by atoms with van der Waals surface area (Å²) >= 11 is 0. The normalized spacial score (nSPS) is 19.0. The Kier molecular flexibility index (Phi) is 9.18. The highest BCUT2D eigenvalue weighted by atomic mass is 16.1. The first kappa shape index (κ1) is 22.8. The minimum atomic E-state index is 0.225. The summed E-state index contributed by atoms with van der Waals surface area (Å²) in [6.07, 6.45) is 15.0. The average molecular weight is 405 g/mol. The molecule has 0 saturated heterocycles. The van der Waals surface area contributed by atoms with Crippen LogP contribution in [0.15, 0.2) is 48.5 Å². The first-order valence-electron chi connectivity index (χ1n) is 12.4. The molecule has 3 rings (SSSR count). The van der Waals surface area contributed by atoms with E-state index in [9.17, 15) is 4.79 Å². The molecule has 1 aliphatic rings. The Hall–Kier alpha value is -1.89. The van der Waals surface area contributed by atoms with Crippen molar-refractivity contribution in [2.75, 3.05) is 0 Å². The third-order valence-electron chi connectivity index (χ3n) is 6.97. The number of aryl methyl sites for hydroxylation is 1. The third kappa shape index (κ3) is 6.83. The van der Waals surface area contributed by atoms with Crippen LogP contribution in [-0.2, 0) is 12.8 Å². The van der Waals surface area contributed by atoms with Gasteiger partial charge in [-0.15, -0.1) is 0 Å². The number of hydrogen-bond acceptors (Lipinski definition) is 1. The van der Waals surface area contributed by atoms with Crippen LogP contribution in [0.2, 0.25) is 0 Å². The molecule has 1 nitrogen and oxygen atoms in total. The van der Waals surface area contributed by atoms with Crippen LogP contribution in [0.3, 0.4) is 0 Å². The van der Waals surface area contributed by atoms with Gasteiger partial charge in [0.25, 0.3) is 0 Å². The molecule has 0 spiro atoms. The smallest absolute Gasteiger partial charge is 0.167 e. The molecule has 0 heterocycles. The second-order valence-corrected chi connectivity index (χ2v) is 9.36. The highest BCUT2D eigenvalue weighted by molar-refractivity contribution is 5.97. The van der Waals surface area contributed by atoms with E-state index in [0.717, 1.165) is 23.5 Å². The van der Waals surface area contributed by atoms with Crippen molar-refractivity contribution in [2.45, 2.75) is 96.8 Å². The van der Waals surface area contributed by atoms with Crippen LogP contribution in [0.1, 0.15) is 111 Å². The van der Waals surface area contributed by atoms with Crippen molar-refractivity contribution in [3.63, 3.8) is 0 Å². The zero-order valence-corrected chi connectivity index (χ0v) is 19.2. The van der Waals surface area contributed by atoms with Gasteiger partial charge < -0.3 is 0 Å². The molecule has 30 heavy (non-hydrogen) atoms. The van der Waals surface area contributed by atoms with Crippen molar-refractivity contribution in [1.82, 2.24) is 0 Å². The maximum absolute atomic E-state index is 12.7. The maximum atomic E-state index is 12.7. The molecule has 0 atom stereocenters. The fourth-order valence-electron chi connectivity index (χ4n) is 4.90. The lowest BCUT2D eigenvalue weighted by molar-refractivity contribution is 0.0993. The van der Waals surface area contributed by atoms with Crippen molar-refractivity contribution >= 4 is 5.78 Å². The molecular formula is C29H40O. The van der Waals surface area contributed by atoms with Crippen LogP contribution in [0.5, 0.6) is 0 Å². The summed E-state index contributed by atoms with van der Waals surface area (Å²) in [6, 6.07) is 17.1. The number of carbonyl (C=O) groups is 1. The molecule has 2 aromatic carbocycles. The molecule has 0 bridgehead atoms. The molecular weight excluding hydrogens is 364 g/mol. The van der Waals surface area contributed by atoms with Crippen LogP contribution in [0.25, 0.3) is 0 Å². The van der Waals surface area contributed by atoms with Gasteiger partial charge in [-0.3, -0.25) is 4.79 Å². The molecule has 0 aliphatic heterocycles. The molecule has 0 unspecified atom stereocenters. The lowest BCUT2D eigenvalue weighted by atomic mass is 9.77. The van der Waals surface area contributed by atoms with Crippen molar-refractivity contribution in [3.05, 3.63) is 70.8 Å². The van der Waals surface area contributed by atoms with Gasteiger partial charge in [-0.25, -0.2) is 0 Å². The van der Waals surface area contributed by atoms with E-state index < -0.39 is 0 Å². The molecule has 0 amide bonds.